The van der Waals surface area contributed by atoms with Gasteiger partial charge in [0.05, 0.1) is 7.77 Å². The predicted molar refractivity (Wildman–Crippen MR) is 55.7 cm³/mol. The summed E-state index contributed by atoms with van der Waals surface area (Å²) in [6.45, 7) is 0. The quantitative estimate of drug-likeness (QED) is 0.615. The van der Waals surface area contributed by atoms with E-state index in [1.807, 2.05) is 0 Å². The highest BCUT2D eigenvalue weighted by molar-refractivity contribution is 7.58. The number of hydrogen-bond donors (Lipinski definition) is 1. The van der Waals surface area contributed by atoms with Crippen LogP contribution in [0.2, 0.25) is 0 Å². The fraction of sp³-hybridized carbons (Fsp3) is 0.125. The van der Waals surface area contributed by atoms with Crippen LogP contribution in [0.3, 0.4) is 0 Å². The van der Waals surface area contributed by atoms with Gasteiger partial charge < -0.3 is 10.00 Å². The van der Waals surface area contributed by atoms with Crippen molar-refractivity contribution in [1.82, 2.24) is 0 Å². The van der Waals surface area contributed by atoms with E-state index in [1.165, 1.54) is 0 Å². The molecule has 1 aromatic carbocycles. The van der Waals surface area contributed by atoms with E-state index in [2.05, 4.69) is 0 Å². The summed E-state index contributed by atoms with van der Waals surface area (Å²) in [5.74, 6) is 0.987. The average Bonchev–Trinajstić information content (AvgIpc) is 2.03. The molecule has 0 fully saturated rings. The van der Waals surface area contributed by atoms with Crippen molar-refractivity contribution in [2.45, 2.75) is 4.52 Å². The lowest BCUT2D eigenvalue weighted by Crippen LogP contribution is -2.17. The molecule has 0 saturated carbocycles. The van der Waals surface area contributed by atoms with Crippen molar-refractivity contribution < 1.29 is 10.00 Å². The van der Waals surface area contributed by atoms with Gasteiger partial charge in [0, 0.05) is 0 Å². The van der Waals surface area contributed by atoms with E-state index < -0.39 is 12.3 Å². The summed E-state index contributed by atoms with van der Waals surface area (Å²) in [4.78, 5) is 11.4. The van der Waals surface area contributed by atoms with Crippen LogP contribution in [0.1, 0.15) is 0 Å². The minimum absolute atomic E-state index is 0.581. The predicted octanol–water partition coefficient (Wildman–Crippen LogP) is 0.995. The molecule has 0 saturated heterocycles. The third-order valence-electron chi connectivity index (χ3n) is 1.28. The Labute approximate surface area is 87.2 Å². The van der Waals surface area contributed by atoms with Gasteiger partial charge in [0.25, 0.3) is 4.52 Å². The van der Waals surface area contributed by atoms with E-state index in [1.54, 1.807) is 30.3 Å². The zero-order valence-corrected chi connectivity index (χ0v) is 8.93. The van der Waals surface area contributed by atoms with Crippen LogP contribution >= 0.6 is 31.0 Å². The molecule has 0 aliphatic rings. The second-order valence-corrected chi connectivity index (χ2v) is 5.15. The van der Waals surface area contributed by atoms with E-state index in [4.69, 9.17) is 28.3 Å². The second kappa shape index (κ2) is 4.41. The van der Waals surface area contributed by atoms with Gasteiger partial charge in [0.2, 0.25) is 0 Å². The second-order valence-electron chi connectivity index (χ2n) is 2.38. The molecular formula is C8H7Cl2O2P. The van der Waals surface area contributed by atoms with Crippen molar-refractivity contribution in [1.29, 1.82) is 0 Å². The van der Waals surface area contributed by atoms with E-state index >= 15 is 0 Å². The minimum Gasteiger partial charge on any atom is -0.626 e. The summed E-state index contributed by atoms with van der Waals surface area (Å²) in [5.41, 5.74) is 0. The Morgan fingerprint density at radius 1 is 1.31 bits per heavy atom. The van der Waals surface area contributed by atoms with Crippen LogP contribution in [-0.2, 0) is 0 Å². The molecule has 0 aromatic heterocycles. The monoisotopic (exact) mass is 236 g/mol. The minimum atomic E-state index is -2.04. The van der Waals surface area contributed by atoms with Crippen molar-refractivity contribution in [2.24, 2.45) is 0 Å². The van der Waals surface area contributed by atoms with Gasteiger partial charge in [-0.1, -0.05) is 41.4 Å². The number of aliphatic hydroxyl groups is 1. The standard InChI is InChI=1S/C8H7Cl2O2P/c9-8(10,11)6-13(12)7-4-2-1-3-5-7/h1-6,11H. The van der Waals surface area contributed by atoms with Gasteiger partial charge >= 0.3 is 0 Å². The normalized spacial score (nSPS) is 13.1. The summed E-state index contributed by atoms with van der Waals surface area (Å²) < 4.78 is -2.04. The summed E-state index contributed by atoms with van der Waals surface area (Å²) in [6, 6.07) is 8.65. The van der Waals surface area contributed by atoms with Crippen molar-refractivity contribution in [2.75, 3.05) is 0 Å². The first-order valence-electron chi connectivity index (χ1n) is 3.47. The Morgan fingerprint density at radius 3 is 2.31 bits per heavy atom. The summed E-state index contributed by atoms with van der Waals surface area (Å²) >= 11 is 10.5. The molecule has 1 atom stereocenters. The number of hydrogen-bond acceptors (Lipinski definition) is 2. The number of alkyl halides is 2. The van der Waals surface area contributed by atoms with Crippen LogP contribution in [0, 0.1) is 0 Å². The SMILES string of the molecule is [O-][P+](=CC(O)(Cl)Cl)c1ccccc1. The fourth-order valence-corrected chi connectivity index (χ4v) is 2.22. The van der Waals surface area contributed by atoms with E-state index in [0.29, 0.717) is 5.30 Å². The molecule has 0 spiro atoms. The Hall–Kier alpha value is -0.110. The lowest BCUT2D eigenvalue weighted by Gasteiger charge is -2.04. The van der Waals surface area contributed by atoms with Gasteiger partial charge in [-0.2, -0.15) is 0 Å². The lowest BCUT2D eigenvalue weighted by molar-refractivity contribution is -0.149. The van der Waals surface area contributed by atoms with Crippen LogP contribution in [0.15, 0.2) is 30.3 Å². The third kappa shape index (κ3) is 4.08. The molecule has 0 amide bonds. The van der Waals surface area contributed by atoms with Gasteiger partial charge in [-0.25, -0.2) is 0 Å². The molecule has 0 radical (unpaired) electrons. The molecule has 70 valence electrons. The van der Waals surface area contributed by atoms with Gasteiger partial charge in [-0.05, 0) is 12.1 Å². The van der Waals surface area contributed by atoms with Crippen LogP contribution in [0.5, 0.6) is 0 Å². The molecule has 13 heavy (non-hydrogen) atoms. The maximum atomic E-state index is 11.4. The molecule has 1 rings (SSSR count). The molecule has 5 heteroatoms. The van der Waals surface area contributed by atoms with Gasteiger partial charge in [0.1, 0.15) is 5.30 Å². The third-order valence-corrected chi connectivity index (χ3v) is 3.22. The Kier molecular flexibility index (Phi) is 3.72. The van der Waals surface area contributed by atoms with Crippen molar-refractivity contribution in [3.8, 4) is 0 Å². The smallest absolute Gasteiger partial charge is 0.274 e. The molecule has 2 nitrogen and oxygen atoms in total. The first kappa shape index (κ1) is 11.0. The topological polar surface area (TPSA) is 43.3 Å². The highest BCUT2D eigenvalue weighted by Crippen LogP contribution is 2.20. The molecule has 0 bridgehead atoms. The highest BCUT2D eigenvalue weighted by atomic mass is 35.5. The highest BCUT2D eigenvalue weighted by Gasteiger charge is 2.20. The zero-order chi connectivity index (χ0) is 9.90. The van der Waals surface area contributed by atoms with Crippen molar-refractivity contribution >= 4 is 42.1 Å². The number of benzene rings is 1. The maximum absolute atomic E-state index is 11.4. The molecule has 1 unspecified atom stereocenters. The fourth-order valence-electron chi connectivity index (χ4n) is 0.791. The zero-order valence-electron chi connectivity index (χ0n) is 6.52. The van der Waals surface area contributed by atoms with Gasteiger partial charge in [-0.15, -0.1) is 0 Å². The Morgan fingerprint density at radius 2 is 1.85 bits per heavy atom. The molecular weight excluding hydrogens is 230 g/mol. The van der Waals surface area contributed by atoms with Crippen molar-refractivity contribution in [3.63, 3.8) is 0 Å². The van der Waals surface area contributed by atoms with E-state index in [-0.39, 0.29) is 0 Å². The summed E-state index contributed by atoms with van der Waals surface area (Å²) in [7, 11) is -1.85. The van der Waals surface area contributed by atoms with E-state index in [0.717, 1.165) is 5.80 Å². The average molecular weight is 237 g/mol. The van der Waals surface area contributed by atoms with Crippen molar-refractivity contribution in [3.05, 3.63) is 30.3 Å². The molecule has 1 N–H and O–H groups in total. The summed E-state index contributed by atoms with van der Waals surface area (Å²) in [5, 5.41) is 9.52. The lowest BCUT2D eigenvalue weighted by atomic mass is 10.4. The molecule has 1 aromatic rings. The van der Waals surface area contributed by atoms with Crippen LogP contribution < -0.4 is 10.2 Å². The van der Waals surface area contributed by atoms with Gasteiger partial charge in [0.15, 0.2) is 5.80 Å². The Bertz CT molecular complexity index is 306. The van der Waals surface area contributed by atoms with E-state index in [9.17, 15) is 4.89 Å². The maximum Gasteiger partial charge on any atom is 0.274 e. The largest absolute Gasteiger partial charge is 0.626 e. The van der Waals surface area contributed by atoms with Gasteiger partial charge in [-0.3, -0.25) is 0 Å². The van der Waals surface area contributed by atoms with Crippen LogP contribution in [0.4, 0.5) is 0 Å². The number of rotatable bonds is 2. The first-order valence-corrected chi connectivity index (χ1v) is 5.55. The number of halogens is 2. The summed E-state index contributed by atoms with van der Waals surface area (Å²) in [6.07, 6.45) is 0. The molecule has 0 heterocycles. The Balaban J connectivity index is 2.92. The van der Waals surface area contributed by atoms with Crippen LogP contribution in [0.25, 0.3) is 0 Å². The van der Waals surface area contributed by atoms with Crippen LogP contribution in [-0.4, -0.2) is 15.4 Å². The molecule has 0 aliphatic carbocycles. The molecule has 0 aliphatic heterocycles. The first-order chi connectivity index (χ1) is 5.99.